The summed E-state index contributed by atoms with van der Waals surface area (Å²) in [5.74, 6) is -0.283. The van der Waals surface area contributed by atoms with Crippen LogP contribution in [0.2, 0.25) is 0 Å². The number of hydrogen-bond acceptors (Lipinski definition) is 4. The van der Waals surface area contributed by atoms with E-state index in [1.54, 1.807) is 0 Å². The van der Waals surface area contributed by atoms with E-state index in [4.69, 9.17) is 0 Å². The van der Waals surface area contributed by atoms with Crippen molar-refractivity contribution >= 4 is 10.8 Å². The van der Waals surface area contributed by atoms with E-state index in [0.29, 0.717) is 6.54 Å². The van der Waals surface area contributed by atoms with Crippen molar-refractivity contribution in [3.8, 4) is 11.5 Å². The molecule has 0 saturated carbocycles. The van der Waals surface area contributed by atoms with Crippen molar-refractivity contribution < 1.29 is 15.3 Å². The van der Waals surface area contributed by atoms with Gasteiger partial charge in [0.15, 0.2) is 11.5 Å². The molecule has 4 heteroatoms. The Bertz CT molecular complexity index is 552. The first-order valence-electron chi connectivity index (χ1n) is 5.39. The zero-order valence-corrected chi connectivity index (χ0v) is 9.57. The molecular weight excluding hydrogens is 218 g/mol. The number of nitrogens with one attached hydrogen (secondary N) is 1. The van der Waals surface area contributed by atoms with Crippen molar-refractivity contribution in [2.45, 2.75) is 13.2 Å². The van der Waals surface area contributed by atoms with Gasteiger partial charge in [0.1, 0.15) is 0 Å². The van der Waals surface area contributed by atoms with Gasteiger partial charge in [-0.05, 0) is 41.1 Å². The molecule has 0 spiro atoms. The number of benzene rings is 2. The Morgan fingerprint density at radius 3 is 2.47 bits per heavy atom. The lowest BCUT2D eigenvalue weighted by Gasteiger charge is -2.12. The lowest BCUT2D eigenvalue weighted by Crippen LogP contribution is -2.08. The van der Waals surface area contributed by atoms with Crippen LogP contribution < -0.4 is 5.32 Å². The zero-order chi connectivity index (χ0) is 12.4. The molecule has 0 radical (unpaired) electrons. The third-order valence-electron chi connectivity index (χ3n) is 2.85. The highest BCUT2D eigenvalue weighted by atomic mass is 16.3. The first kappa shape index (κ1) is 11.7. The Hall–Kier alpha value is -1.78. The van der Waals surface area contributed by atoms with E-state index in [-0.39, 0.29) is 18.1 Å². The highest BCUT2D eigenvalue weighted by Crippen LogP contribution is 2.33. The van der Waals surface area contributed by atoms with E-state index in [2.05, 4.69) is 5.32 Å². The van der Waals surface area contributed by atoms with Gasteiger partial charge in [-0.1, -0.05) is 12.1 Å². The topological polar surface area (TPSA) is 72.7 Å². The summed E-state index contributed by atoms with van der Waals surface area (Å²) >= 11 is 0. The Balaban J connectivity index is 2.74. The molecule has 0 bridgehead atoms. The van der Waals surface area contributed by atoms with E-state index in [1.807, 2.05) is 19.2 Å². The molecule has 2 aromatic carbocycles. The summed E-state index contributed by atoms with van der Waals surface area (Å²) in [6, 6.07) is 6.69. The van der Waals surface area contributed by atoms with Gasteiger partial charge in [0.2, 0.25) is 0 Å². The molecule has 0 aliphatic carbocycles. The third kappa shape index (κ3) is 2.05. The number of phenolic OH excluding ortho intramolecular Hbond substituents is 2. The summed E-state index contributed by atoms with van der Waals surface area (Å²) in [7, 11) is 1.82. The summed E-state index contributed by atoms with van der Waals surface area (Å²) in [5.41, 5.74) is 1.75. The fraction of sp³-hybridized carbons (Fsp3) is 0.231. The van der Waals surface area contributed by atoms with Gasteiger partial charge in [0.25, 0.3) is 0 Å². The Labute approximate surface area is 99.1 Å². The van der Waals surface area contributed by atoms with E-state index in [1.165, 1.54) is 12.1 Å². The average molecular weight is 233 g/mol. The molecular formula is C13H15NO3. The van der Waals surface area contributed by atoms with Gasteiger partial charge >= 0.3 is 0 Å². The lowest BCUT2D eigenvalue weighted by atomic mass is 9.98. The van der Waals surface area contributed by atoms with Crippen molar-refractivity contribution in [2.75, 3.05) is 7.05 Å². The van der Waals surface area contributed by atoms with Crippen LogP contribution in [0.4, 0.5) is 0 Å². The Kier molecular flexibility index (Phi) is 3.17. The standard InChI is InChI=1S/C13H15NO3/c1-14-6-11-9(7-15)3-2-8-4-12(16)13(17)5-10(8)11/h2-5,14-17H,6-7H2,1H3. The number of hydrogen-bond donors (Lipinski definition) is 4. The second kappa shape index (κ2) is 4.61. The van der Waals surface area contributed by atoms with Crippen LogP contribution in [-0.2, 0) is 13.2 Å². The molecule has 0 saturated heterocycles. The Morgan fingerprint density at radius 1 is 1.12 bits per heavy atom. The van der Waals surface area contributed by atoms with Crippen LogP contribution >= 0.6 is 0 Å². The fourth-order valence-electron chi connectivity index (χ4n) is 1.99. The summed E-state index contributed by atoms with van der Waals surface area (Å²) < 4.78 is 0. The number of fused-ring (bicyclic) bond motifs is 1. The molecule has 0 fully saturated rings. The minimum absolute atomic E-state index is 0.0470. The molecule has 0 atom stereocenters. The summed E-state index contributed by atoms with van der Waals surface area (Å²) in [6.45, 7) is 0.548. The highest BCUT2D eigenvalue weighted by Gasteiger charge is 2.09. The average Bonchev–Trinajstić information content (AvgIpc) is 2.32. The second-order valence-electron chi connectivity index (χ2n) is 3.95. The maximum atomic E-state index is 9.54. The monoisotopic (exact) mass is 233 g/mol. The first-order valence-corrected chi connectivity index (χ1v) is 5.39. The van der Waals surface area contributed by atoms with Gasteiger partial charge in [0, 0.05) is 6.54 Å². The quantitative estimate of drug-likeness (QED) is 0.606. The molecule has 0 unspecified atom stereocenters. The van der Waals surface area contributed by atoms with Gasteiger partial charge in [-0.3, -0.25) is 0 Å². The van der Waals surface area contributed by atoms with Crippen LogP contribution in [-0.4, -0.2) is 22.4 Å². The van der Waals surface area contributed by atoms with E-state index < -0.39 is 0 Å². The number of phenols is 2. The molecule has 4 nitrogen and oxygen atoms in total. The second-order valence-corrected chi connectivity index (χ2v) is 3.95. The van der Waals surface area contributed by atoms with Crippen LogP contribution in [0.15, 0.2) is 24.3 Å². The smallest absolute Gasteiger partial charge is 0.158 e. The van der Waals surface area contributed by atoms with Gasteiger partial charge < -0.3 is 20.6 Å². The van der Waals surface area contributed by atoms with Crippen molar-refractivity contribution in [1.29, 1.82) is 0 Å². The van der Waals surface area contributed by atoms with Crippen LogP contribution in [0, 0.1) is 0 Å². The third-order valence-corrected chi connectivity index (χ3v) is 2.85. The molecule has 17 heavy (non-hydrogen) atoms. The van der Waals surface area contributed by atoms with Crippen LogP contribution in [0.5, 0.6) is 11.5 Å². The maximum Gasteiger partial charge on any atom is 0.158 e. The van der Waals surface area contributed by atoms with Crippen LogP contribution in [0.1, 0.15) is 11.1 Å². The minimum atomic E-state index is -0.148. The zero-order valence-electron chi connectivity index (χ0n) is 9.57. The van der Waals surface area contributed by atoms with Gasteiger partial charge in [0.05, 0.1) is 6.61 Å². The molecule has 90 valence electrons. The lowest BCUT2D eigenvalue weighted by molar-refractivity contribution is 0.280. The van der Waals surface area contributed by atoms with Crippen LogP contribution in [0.3, 0.4) is 0 Å². The predicted octanol–water partition coefficient (Wildman–Crippen LogP) is 1.46. The largest absolute Gasteiger partial charge is 0.504 e. The molecule has 2 aromatic rings. The molecule has 2 rings (SSSR count). The van der Waals surface area contributed by atoms with E-state index in [0.717, 1.165) is 21.9 Å². The van der Waals surface area contributed by atoms with Crippen molar-refractivity contribution in [3.63, 3.8) is 0 Å². The normalized spacial score (nSPS) is 10.9. The number of aromatic hydroxyl groups is 2. The SMILES string of the molecule is CNCc1c(CO)ccc2cc(O)c(O)cc12. The molecule has 0 amide bonds. The molecule has 0 aromatic heterocycles. The molecule has 0 aliphatic heterocycles. The summed E-state index contributed by atoms with van der Waals surface area (Å²) in [6.07, 6.45) is 0. The van der Waals surface area contributed by atoms with Gasteiger partial charge in [-0.25, -0.2) is 0 Å². The van der Waals surface area contributed by atoms with E-state index >= 15 is 0 Å². The summed E-state index contributed by atoms with van der Waals surface area (Å²) in [5, 5.41) is 33.0. The molecule has 4 N–H and O–H groups in total. The summed E-state index contributed by atoms with van der Waals surface area (Å²) in [4.78, 5) is 0. The van der Waals surface area contributed by atoms with Gasteiger partial charge in [-0.2, -0.15) is 0 Å². The fourth-order valence-corrected chi connectivity index (χ4v) is 1.99. The van der Waals surface area contributed by atoms with Crippen molar-refractivity contribution in [2.24, 2.45) is 0 Å². The van der Waals surface area contributed by atoms with E-state index in [9.17, 15) is 15.3 Å². The highest BCUT2D eigenvalue weighted by molar-refractivity contribution is 5.89. The molecule has 0 heterocycles. The minimum Gasteiger partial charge on any atom is -0.504 e. The van der Waals surface area contributed by atoms with Crippen molar-refractivity contribution in [3.05, 3.63) is 35.4 Å². The number of aliphatic hydroxyl groups excluding tert-OH is 1. The first-order chi connectivity index (χ1) is 8.17. The maximum absolute atomic E-state index is 9.54. The van der Waals surface area contributed by atoms with Crippen molar-refractivity contribution in [1.82, 2.24) is 5.32 Å². The Morgan fingerprint density at radius 2 is 1.82 bits per heavy atom. The van der Waals surface area contributed by atoms with Gasteiger partial charge in [-0.15, -0.1) is 0 Å². The predicted molar refractivity (Wildman–Crippen MR) is 66.0 cm³/mol. The number of rotatable bonds is 3. The van der Waals surface area contributed by atoms with Crippen LogP contribution in [0.25, 0.3) is 10.8 Å². The molecule has 0 aliphatic rings. The number of aliphatic hydroxyl groups is 1.